The average Bonchev–Trinajstić information content (AvgIpc) is 3.21. The third kappa shape index (κ3) is 4.35. The number of aliphatic hydroxyl groups excluding tert-OH is 1. The molecule has 1 aliphatic heterocycles. The van der Waals surface area contributed by atoms with Crippen LogP contribution in [0.1, 0.15) is 23.1 Å². The summed E-state index contributed by atoms with van der Waals surface area (Å²) in [5.41, 5.74) is 2.00. The molecule has 2 N–H and O–H groups in total. The Balaban J connectivity index is 1.48. The van der Waals surface area contributed by atoms with Gasteiger partial charge in [-0.2, -0.15) is 0 Å². The van der Waals surface area contributed by atoms with Crippen LogP contribution < -0.4 is 9.64 Å². The number of rotatable bonds is 6. The first-order valence-corrected chi connectivity index (χ1v) is 10.2. The van der Waals surface area contributed by atoms with E-state index < -0.39 is 6.10 Å². The standard InChI is InChI=1S/C23H27FN4O3/c1-26-9-8-25-23(26)22(30)17-4-3-5-18(24)21(17)28-12-10-27(11-13-28)15-16-6-7-19(29)20(14-16)31-2/h3-9,14,22,29-30H,10-13,15H2,1-2H3. The van der Waals surface area contributed by atoms with E-state index in [9.17, 15) is 14.6 Å². The Morgan fingerprint density at radius 1 is 1.16 bits per heavy atom. The quantitative estimate of drug-likeness (QED) is 0.631. The van der Waals surface area contributed by atoms with E-state index in [4.69, 9.17) is 4.74 Å². The number of aryl methyl sites for hydroxylation is 1. The van der Waals surface area contributed by atoms with Gasteiger partial charge in [0.2, 0.25) is 0 Å². The largest absolute Gasteiger partial charge is 0.504 e. The molecule has 4 rings (SSSR count). The molecule has 1 atom stereocenters. The zero-order valence-corrected chi connectivity index (χ0v) is 17.7. The molecule has 7 nitrogen and oxygen atoms in total. The first-order valence-electron chi connectivity index (χ1n) is 10.2. The summed E-state index contributed by atoms with van der Waals surface area (Å²) in [6.07, 6.45) is 2.37. The van der Waals surface area contributed by atoms with Gasteiger partial charge in [0.1, 0.15) is 17.7 Å². The number of imidazole rings is 1. The van der Waals surface area contributed by atoms with Gasteiger partial charge >= 0.3 is 0 Å². The number of nitrogens with zero attached hydrogens (tertiary/aromatic N) is 4. The average molecular weight is 426 g/mol. The molecule has 1 aliphatic rings. The number of ether oxygens (including phenoxy) is 1. The number of methoxy groups -OCH3 is 1. The molecule has 0 spiro atoms. The van der Waals surface area contributed by atoms with Crippen LogP contribution in [0.3, 0.4) is 0 Å². The van der Waals surface area contributed by atoms with Gasteiger partial charge in [0.25, 0.3) is 0 Å². The van der Waals surface area contributed by atoms with E-state index in [2.05, 4.69) is 9.88 Å². The van der Waals surface area contributed by atoms with Crippen molar-refractivity contribution in [3.63, 3.8) is 0 Å². The minimum Gasteiger partial charge on any atom is -0.504 e. The van der Waals surface area contributed by atoms with E-state index in [0.29, 0.717) is 42.5 Å². The zero-order chi connectivity index (χ0) is 22.0. The summed E-state index contributed by atoms with van der Waals surface area (Å²) >= 11 is 0. The number of anilines is 1. The van der Waals surface area contributed by atoms with Crippen LogP contribution >= 0.6 is 0 Å². The molecule has 2 heterocycles. The Morgan fingerprint density at radius 3 is 2.61 bits per heavy atom. The van der Waals surface area contributed by atoms with Gasteiger partial charge in [0.05, 0.1) is 12.8 Å². The first-order chi connectivity index (χ1) is 15.0. The first kappa shape index (κ1) is 21.1. The van der Waals surface area contributed by atoms with E-state index in [0.717, 1.165) is 18.7 Å². The van der Waals surface area contributed by atoms with Gasteiger partial charge in [-0.25, -0.2) is 9.37 Å². The molecule has 0 aliphatic carbocycles. The van der Waals surface area contributed by atoms with Gasteiger partial charge in [0, 0.05) is 57.7 Å². The second-order valence-electron chi connectivity index (χ2n) is 7.75. The van der Waals surface area contributed by atoms with Crippen LogP contribution in [-0.2, 0) is 13.6 Å². The number of halogens is 1. The van der Waals surface area contributed by atoms with Gasteiger partial charge < -0.3 is 24.4 Å². The molecule has 3 aromatic rings. The molecule has 0 bridgehead atoms. The van der Waals surface area contributed by atoms with Crippen LogP contribution in [0.5, 0.6) is 11.5 Å². The number of aromatic nitrogens is 2. The number of aliphatic hydroxyl groups is 1. The zero-order valence-electron chi connectivity index (χ0n) is 17.7. The van der Waals surface area contributed by atoms with Gasteiger partial charge in [-0.1, -0.05) is 18.2 Å². The summed E-state index contributed by atoms with van der Waals surface area (Å²) in [5, 5.41) is 20.7. The molecule has 31 heavy (non-hydrogen) atoms. The molecule has 8 heteroatoms. The number of hydrogen-bond acceptors (Lipinski definition) is 6. The van der Waals surface area contributed by atoms with Crippen molar-refractivity contribution in [3.05, 3.63) is 71.6 Å². The summed E-state index contributed by atoms with van der Waals surface area (Å²) in [5.74, 6) is 0.707. The molecular weight excluding hydrogens is 399 g/mol. The predicted molar refractivity (Wildman–Crippen MR) is 116 cm³/mol. The van der Waals surface area contributed by atoms with Crippen molar-refractivity contribution in [1.82, 2.24) is 14.5 Å². The third-order valence-corrected chi connectivity index (χ3v) is 5.75. The molecular formula is C23H27FN4O3. The number of phenols is 1. The second-order valence-corrected chi connectivity index (χ2v) is 7.75. The molecule has 2 aromatic carbocycles. The minimum atomic E-state index is -1.01. The maximum Gasteiger partial charge on any atom is 0.160 e. The topological polar surface area (TPSA) is 74.0 Å². The van der Waals surface area contributed by atoms with Crippen molar-refractivity contribution in [1.29, 1.82) is 0 Å². The predicted octanol–water partition coefficient (Wildman–Crippen LogP) is 2.68. The fourth-order valence-corrected chi connectivity index (χ4v) is 4.07. The summed E-state index contributed by atoms with van der Waals surface area (Å²) in [6.45, 7) is 3.47. The van der Waals surface area contributed by atoms with Crippen LogP contribution in [0.25, 0.3) is 0 Å². The van der Waals surface area contributed by atoms with Crippen molar-refractivity contribution in [3.8, 4) is 11.5 Å². The Morgan fingerprint density at radius 2 is 1.94 bits per heavy atom. The highest BCUT2D eigenvalue weighted by atomic mass is 19.1. The lowest BCUT2D eigenvalue weighted by molar-refractivity contribution is 0.205. The lowest BCUT2D eigenvalue weighted by atomic mass is 10.0. The van der Waals surface area contributed by atoms with Gasteiger partial charge in [0.15, 0.2) is 11.5 Å². The lowest BCUT2D eigenvalue weighted by Crippen LogP contribution is -2.46. The lowest BCUT2D eigenvalue weighted by Gasteiger charge is -2.37. The molecule has 164 valence electrons. The van der Waals surface area contributed by atoms with Crippen LogP contribution in [0, 0.1) is 5.82 Å². The molecule has 1 saturated heterocycles. The highest BCUT2D eigenvalue weighted by Crippen LogP contribution is 2.33. The number of aromatic hydroxyl groups is 1. The highest BCUT2D eigenvalue weighted by Gasteiger charge is 2.26. The molecule has 0 saturated carbocycles. The van der Waals surface area contributed by atoms with Crippen LogP contribution in [0.15, 0.2) is 48.8 Å². The summed E-state index contributed by atoms with van der Waals surface area (Å²) in [6, 6.07) is 10.2. The van der Waals surface area contributed by atoms with E-state index in [1.807, 2.05) is 24.1 Å². The molecule has 0 radical (unpaired) electrons. The highest BCUT2D eigenvalue weighted by molar-refractivity contribution is 5.57. The molecule has 1 aromatic heterocycles. The van der Waals surface area contributed by atoms with Crippen molar-refractivity contribution in [2.75, 3.05) is 38.2 Å². The number of benzene rings is 2. The Kier molecular flexibility index (Phi) is 6.11. The van der Waals surface area contributed by atoms with Crippen LogP contribution in [-0.4, -0.2) is 58.0 Å². The van der Waals surface area contributed by atoms with E-state index >= 15 is 0 Å². The van der Waals surface area contributed by atoms with Gasteiger partial charge in [-0.3, -0.25) is 4.90 Å². The van der Waals surface area contributed by atoms with Gasteiger partial charge in [-0.15, -0.1) is 0 Å². The smallest absolute Gasteiger partial charge is 0.160 e. The molecule has 0 amide bonds. The van der Waals surface area contributed by atoms with Gasteiger partial charge in [-0.05, 0) is 23.8 Å². The van der Waals surface area contributed by atoms with Crippen molar-refractivity contribution >= 4 is 5.69 Å². The fourth-order valence-electron chi connectivity index (χ4n) is 4.07. The third-order valence-electron chi connectivity index (χ3n) is 5.75. The van der Waals surface area contributed by atoms with E-state index in [-0.39, 0.29) is 11.6 Å². The normalized spacial score (nSPS) is 15.8. The Bertz CT molecular complexity index is 1050. The van der Waals surface area contributed by atoms with Crippen molar-refractivity contribution in [2.24, 2.45) is 7.05 Å². The summed E-state index contributed by atoms with van der Waals surface area (Å²) < 4.78 is 21.8. The monoisotopic (exact) mass is 426 g/mol. The Hall–Kier alpha value is -3.10. The molecule has 1 unspecified atom stereocenters. The number of phenolic OH excluding ortho intramolecular Hbond substituents is 1. The molecule has 1 fully saturated rings. The number of hydrogen-bond donors (Lipinski definition) is 2. The maximum atomic E-state index is 14.9. The fraction of sp³-hybridized carbons (Fsp3) is 0.348. The summed E-state index contributed by atoms with van der Waals surface area (Å²) in [4.78, 5) is 8.49. The maximum absolute atomic E-state index is 14.9. The SMILES string of the molecule is COc1cc(CN2CCN(c3c(F)cccc3C(O)c3nccn3C)CC2)ccc1O. The number of para-hydroxylation sites is 1. The van der Waals surface area contributed by atoms with Crippen LogP contribution in [0.4, 0.5) is 10.1 Å². The van der Waals surface area contributed by atoms with Crippen LogP contribution in [0.2, 0.25) is 0 Å². The minimum absolute atomic E-state index is 0.120. The van der Waals surface area contributed by atoms with E-state index in [1.54, 1.807) is 35.2 Å². The Labute approximate surface area is 180 Å². The number of piperazine rings is 1. The second kappa shape index (κ2) is 8.95. The van der Waals surface area contributed by atoms with E-state index in [1.165, 1.54) is 13.2 Å². The van der Waals surface area contributed by atoms with Crippen molar-refractivity contribution in [2.45, 2.75) is 12.6 Å². The summed E-state index contributed by atoms with van der Waals surface area (Å²) in [7, 11) is 3.34. The van der Waals surface area contributed by atoms with Crippen molar-refractivity contribution < 1.29 is 19.3 Å².